The van der Waals surface area contributed by atoms with Gasteiger partial charge in [0.1, 0.15) is 6.04 Å². The minimum atomic E-state index is -3.77. The summed E-state index contributed by atoms with van der Waals surface area (Å²) in [7, 11) is -3.77. The number of rotatable bonds is 4. The fourth-order valence-electron chi connectivity index (χ4n) is 4.67. The van der Waals surface area contributed by atoms with Gasteiger partial charge in [0, 0.05) is 25.7 Å². The molecule has 3 aliphatic rings. The highest BCUT2D eigenvalue weighted by Crippen LogP contribution is 2.27. The zero-order chi connectivity index (χ0) is 22.1. The second kappa shape index (κ2) is 12.3. The van der Waals surface area contributed by atoms with Gasteiger partial charge in [0.05, 0.1) is 27.8 Å². The van der Waals surface area contributed by atoms with Crippen LogP contribution in [0.2, 0.25) is 0 Å². The minimum absolute atomic E-state index is 0.246. The molecule has 1 aliphatic heterocycles. The first-order chi connectivity index (χ1) is 15.0. The minimum Gasteiger partial charge on any atom is -0.297 e. The predicted molar refractivity (Wildman–Crippen MR) is 134 cm³/mol. The van der Waals surface area contributed by atoms with Crippen molar-refractivity contribution in [2.45, 2.75) is 69.9 Å². The molecule has 0 radical (unpaired) electrons. The Morgan fingerprint density at radius 2 is 1.65 bits per heavy atom. The van der Waals surface area contributed by atoms with Gasteiger partial charge in [-0.25, -0.2) is 8.42 Å². The number of sulfonamides is 1. The highest BCUT2D eigenvalue weighted by molar-refractivity contribution is 14.1. The van der Waals surface area contributed by atoms with Crippen LogP contribution in [0, 0.1) is 0 Å². The van der Waals surface area contributed by atoms with Gasteiger partial charge in [-0.15, -0.1) is 0 Å². The molecule has 31 heavy (non-hydrogen) atoms. The molecule has 0 bridgehead atoms. The molecule has 1 amide bonds. The summed E-state index contributed by atoms with van der Waals surface area (Å²) in [4.78, 5) is 15.4. The van der Waals surface area contributed by atoms with Crippen LogP contribution in [0.5, 0.6) is 0 Å². The van der Waals surface area contributed by atoms with E-state index in [1.807, 2.05) is 47.2 Å². The molecule has 0 aromatic carbocycles. The van der Waals surface area contributed by atoms with Crippen molar-refractivity contribution in [1.82, 2.24) is 12.7 Å². The first-order valence-electron chi connectivity index (χ1n) is 11.4. The summed E-state index contributed by atoms with van der Waals surface area (Å²) in [5.41, 5.74) is 0. The third-order valence-electron chi connectivity index (χ3n) is 6.39. The molecule has 1 saturated heterocycles. The van der Waals surface area contributed by atoms with Crippen molar-refractivity contribution in [3.05, 3.63) is 47.4 Å². The topological polar surface area (TPSA) is 69.7 Å². The normalized spacial score (nSPS) is 30.2. The second-order valence-electron chi connectivity index (χ2n) is 8.45. The number of nitrogens with one attached hydrogen (secondary N) is 1. The maximum Gasteiger partial charge on any atom is 0.248 e. The molecule has 1 N–H and O–H groups in total. The fraction of sp³-hybridized carbons (Fsp3) is 0.609. The third-order valence-corrected chi connectivity index (χ3v) is 8.88. The number of hydrogen-bond acceptors (Lipinski definition) is 4. The number of piperazine rings is 1. The van der Waals surface area contributed by atoms with E-state index in [1.54, 1.807) is 18.2 Å². The average Bonchev–Trinajstić information content (AvgIpc) is 3.01. The monoisotopic (exact) mass is 559 g/mol. The SMILES string of the molecule is O=C(NI)C1CN(C2CCCCCCCC2)CCN1S(=O)(=O)C1=C\C\C=C/C=C\C=C/1. The van der Waals surface area contributed by atoms with E-state index in [4.69, 9.17) is 0 Å². The molecule has 0 spiro atoms. The number of allylic oxidation sites excluding steroid dienone is 7. The standard InChI is InChI=1S/C23H34IN3O3S/c24-25-23(28)22-19-26(20-13-9-5-1-2-6-10-14-20)17-18-27(22)31(29,30)21-15-11-7-3-4-8-12-16-21/h3-4,7-8,11,15-16,20,22H,1-2,5-6,9-10,12-14,17-19H2,(H,25,28)/b7-3-,8-4-,15-11-,21-16+. The molecule has 1 saturated carbocycles. The van der Waals surface area contributed by atoms with E-state index in [0.717, 1.165) is 12.8 Å². The van der Waals surface area contributed by atoms with E-state index in [2.05, 4.69) is 8.43 Å². The van der Waals surface area contributed by atoms with Crippen molar-refractivity contribution < 1.29 is 13.2 Å². The van der Waals surface area contributed by atoms with Crippen molar-refractivity contribution in [2.24, 2.45) is 0 Å². The van der Waals surface area contributed by atoms with Crippen LogP contribution in [0.15, 0.2) is 47.4 Å². The van der Waals surface area contributed by atoms with Gasteiger partial charge in [0.15, 0.2) is 0 Å². The fourth-order valence-corrected chi connectivity index (χ4v) is 6.68. The number of nitrogens with zero attached hydrogens (tertiary/aromatic N) is 2. The van der Waals surface area contributed by atoms with E-state index in [9.17, 15) is 13.2 Å². The van der Waals surface area contributed by atoms with E-state index in [0.29, 0.717) is 32.1 Å². The van der Waals surface area contributed by atoms with Crippen molar-refractivity contribution in [3.8, 4) is 0 Å². The van der Waals surface area contributed by atoms with Crippen molar-refractivity contribution in [1.29, 1.82) is 0 Å². The van der Waals surface area contributed by atoms with Crippen molar-refractivity contribution in [2.75, 3.05) is 19.6 Å². The Balaban J connectivity index is 1.81. The number of carbonyl (C=O) groups is 1. The van der Waals surface area contributed by atoms with Crippen LogP contribution < -0.4 is 3.53 Å². The van der Waals surface area contributed by atoms with Crippen LogP contribution in [0.1, 0.15) is 57.8 Å². The molecule has 2 fully saturated rings. The average molecular weight is 560 g/mol. The first kappa shape index (κ1) is 24.7. The summed E-state index contributed by atoms with van der Waals surface area (Å²) in [5.74, 6) is -0.246. The maximum absolute atomic E-state index is 13.5. The Labute approximate surface area is 201 Å². The van der Waals surface area contributed by atoms with Crippen LogP contribution >= 0.6 is 22.9 Å². The summed E-state index contributed by atoms with van der Waals surface area (Å²) in [5, 5.41) is 0. The van der Waals surface area contributed by atoms with E-state index < -0.39 is 16.1 Å². The molecular weight excluding hydrogens is 525 g/mol. The molecule has 3 rings (SSSR count). The highest BCUT2D eigenvalue weighted by Gasteiger charge is 2.41. The number of halogens is 1. The lowest BCUT2D eigenvalue weighted by Gasteiger charge is -2.43. The molecule has 0 aromatic rings. The van der Waals surface area contributed by atoms with E-state index >= 15 is 0 Å². The van der Waals surface area contributed by atoms with Crippen LogP contribution in [0.4, 0.5) is 0 Å². The van der Waals surface area contributed by atoms with Gasteiger partial charge in [-0.3, -0.25) is 13.2 Å². The Morgan fingerprint density at radius 3 is 2.35 bits per heavy atom. The zero-order valence-corrected chi connectivity index (χ0v) is 21.1. The van der Waals surface area contributed by atoms with Gasteiger partial charge in [-0.2, -0.15) is 4.31 Å². The molecule has 2 aliphatic carbocycles. The van der Waals surface area contributed by atoms with Crippen LogP contribution in [0.3, 0.4) is 0 Å². The van der Waals surface area contributed by atoms with Gasteiger partial charge in [0.2, 0.25) is 15.9 Å². The summed E-state index contributed by atoms with van der Waals surface area (Å²) in [6, 6.07) is -0.275. The number of amides is 1. The molecule has 1 atom stereocenters. The molecule has 1 unspecified atom stereocenters. The molecule has 0 aromatic heterocycles. The lowest BCUT2D eigenvalue weighted by Crippen LogP contribution is -2.61. The largest absolute Gasteiger partial charge is 0.297 e. The quantitative estimate of drug-likeness (QED) is 0.414. The third kappa shape index (κ3) is 6.76. The lowest BCUT2D eigenvalue weighted by molar-refractivity contribution is -0.124. The van der Waals surface area contributed by atoms with Gasteiger partial charge >= 0.3 is 0 Å². The highest BCUT2D eigenvalue weighted by atomic mass is 127. The van der Waals surface area contributed by atoms with Crippen molar-refractivity contribution >= 4 is 38.8 Å². The van der Waals surface area contributed by atoms with Crippen LogP contribution in [-0.2, 0) is 14.8 Å². The van der Waals surface area contributed by atoms with Gasteiger partial charge in [-0.1, -0.05) is 75.0 Å². The molecule has 172 valence electrons. The smallest absolute Gasteiger partial charge is 0.248 e. The van der Waals surface area contributed by atoms with Gasteiger partial charge in [0.25, 0.3) is 0 Å². The first-order valence-corrected chi connectivity index (χ1v) is 13.9. The summed E-state index contributed by atoms with van der Waals surface area (Å²) >= 11 is 1.82. The molecule has 8 heteroatoms. The predicted octanol–water partition coefficient (Wildman–Crippen LogP) is 4.23. The molecule has 6 nitrogen and oxygen atoms in total. The van der Waals surface area contributed by atoms with Crippen molar-refractivity contribution in [3.63, 3.8) is 0 Å². The Morgan fingerprint density at radius 1 is 0.968 bits per heavy atom. The Bertz CT molecular complexity index is 825. The second-order valence-corrected chi connectivity index (χ2v) is 10.9. The van der Waals surface area contributed by atoms with Crippen LogP contribution in [0.25, 0.3) is 0 Å². The Kier molecular flexibility index (Phi) is 9.80. The van der Waals surface area contributed by atoms with Gasteiger partial charge in [-0.05, 0) is 25.3 Å². The maximum atomic E-state index is 13.5. The van der Waals surface area contributed by atoms with Gasteiger partial charge < -0.3 is 0 Å². The van der Waals surface area contributed by atoms with E-state index in [-0.39, 0.29) is 10.8 Å². The van der Waals surface area contributed by atoms with E-state index in [1.165, 1.54) is 42.8 Å². The van der Waals surface area contributed by atoms with Crippen LogP contribution in [-0.4, -0.2) is 55.2 Å². The summed E-state index contributed by atoms with van der Waals surface area (Å²) in [6.45, 7) is 1.46. The molecule has 1 heterocycles. The number of hydrogen-bond donors (Lipinski definition) is 1. The summed E-state index contributed by atoms with van der Waals surface area (Å²) < 4.78 is 31.1. The summed E-state index contributed by atoms with van der Waals surface area (Å²) in [6.07, 6.45) is 23.0. The zero-order valence-electron chi connectivity index (χ0n) is 18.1. The Hall–Kier alpha value is -0.970. The number of carbonyl (C=O) groups excluding carboxylic acids is 1. The molecular formula is C23H34IN3O3S. The lowest BCUT2D eigenvalue weighted by atomic mass is 10.0.